The number of cyclic esters (lactones) is 4. The van der Waals surface area contributed by atoms with Crippen LogP contribution in [0.3, 0.4) is 0 Å². The molecular formula is C21H34O8. The van der Waals surface area contributed by atoms with Gasteiger partial charge in [-0.2, -0.15) is 0 Å². The lowest BCUT2D eigenvalue weighted by Crippen LogP contribution is -2.14. The average Bonchev–Trinajstić information content (AvgIpc) is 2.69. The van der Waals surface area contributed by atoms with Gasteiger partial charge in [-0.15, -0.1) is 0 Å². The summed E-state index contributed by atoms with van der Waals surface area (Å²) in [6.45, 7) is 0.736. The SMILES string of the molecule is O=C1CCCCCCCC(=O)OCCOC(=O)CCCCC(=O)OCCCCO1. The van der Waals surface area contributed by atoms with Crippen molar-refractivity contribution in [1.29, 1.82) is 0 Å². The minimum atomic E-state index is -0.366. The summed E-state index contributed by atoms with van der Waals surface area (Å²) in [6, 6.07) is 0. The predicted octanol–water partition coefficient (Wildman–Crippen LogP) is 3.24. The minimum Gasteiger partial charge on any atom is -0.466 e. The van der Waals surface area contributed by atoms with Crippen molar-refractivity contribution in [3.8, 4) is 0 Å². The van der Waals surface area contributed by atoms with Crippen molar-refractivity contribution < 1.29 is 38.1 Å². The molecule has 1 saturated heterocycles. The van der Waals surface area contributed by atoms with Crippen LogP contribution < -0.4 is 0 Å². The maximum absolute atomic E-state index is 11.6. The lowest BCUT2D eigenvalue weighted by Gasteiger charge is -2.07. The predicted molar refractivity (Wildman–Crippen MR) is 104 cm³/mol. The van der Waals surface area contributed by atoms with Gasteiger partial charge in [-0.3, -0.25) is 19.2 Å². The second kappa shape index (κ2) is 16.8. The summed E-state index contributed by atoms with van der Waals surface area (Å²) in [6.07, 6.45) is 7.85. The van der Waals surface area contributed by atoms with Gasteiger partial charge in [0.15, 0.2) is 0 Å². The molecule has 0 radical (unpaired) electrons. The van der Waals surface area contributed by atoms with Crippen molar-refractivity contribution in [3.63, 3.8) is 0 Å². The molecule has 8 heteroatoms. The fourth-order valence-corrected chi connectivity index (χ4v) is 2.78. The van der Waals surface area contributed by atoms with Crippen molar-refractivity contribution in [3.05, 3.63) is 0 Å². The van der Waals surface area contributed by atoms with E-state index in [0.29, 0.717) is 51.7 Å². The zero-order chi connectivity index (χ0) is 21.2. The first-order chi connectivity index (χ1) is 14.1. The number of hydrogen-bond donors (Lipinski definition) is 0. The van der Waals surface area contributed by atoms with Crippen molar-refractivity contribution in [1.82, 2.24) is 0 Å². The summed E-state index contributed by atoms with van der Waals surface area (Å²) in [5, 5.41) is 0. The van der Waals surface area contributed by atoms with Crippen LogP contribution in [0.1, 0.15) is 83.5 Å². The Labute approximate surface area is 172 Å². The van der Waals surface area contributed by atoms with Crippen LogP contribution in [0.5, 0.6) is 0 Å². The van der Waals surface area contributed by atoms with Crippen LogP contribution in [0.15, 0.2) is 0 Å². The molecule has 29 heavy (non-hydrogen) atoms. The van der Waals surface area contributed by atoms with E-state index in [1.807, 2.05) is 0 Å². The molecule has 1 heterocycles. The molecular weight excluding hydrogens is 380 g/mol. The van der Waals surface area contributed by atoms with Gasteiger partial charge in [-0.25, -0.2) is 0 Å². The molecule has 0 aromatic carbocycles. The third kappa shape index (κ3) is 15.5. The maximum Gasteiger partial charge on any atom is 0.305 e. The van der Waals surface area contributed by atoms with E-state index in [4.69, 9.17) is 18.9 Å². The van der Waals surface area contributed by atoms with Gasteiger partial charge in [-0.05, 0) is 38.5 Å². The van der Waals surface area contributed by atoms with Gasteiger partial charge in [0.25, 0.3) is 0 Å². The van der Waals surface area contributed by atoms with Crippen LogP contribution in [0.25, 0.3) is 0 Å². The lowest BCUT2D eigenvalue weighted by molar-refractivity contribution is -0.152. The van der Waals surface area contributed by atoms with E-state index in [0.717, 1.165) is 32.1 Å². The smallest absolute Gasteiger partial charge is 0.305 e. The molecule has 1 aliphatic rings. The first-order valence-corrected chi connectivity index (χ1v) is 10.7. The largest absolute Gasteiger partial charge is 0.466 e. The van der Waals surface area contributed by atoms with E-state index in [9.17, 15) is 19.2 Å². The molecule has 0 bridgehead atoms. The van der Waals surface area contributed by atoms with Crippen LogP contribution in [0, 0.1) is 0 Å². The molecule has 1 rings (SSSR count). The summed E-state index contributed by atoms with van der Waals surface area (Å²) in [4.78, 5) is 46.4. The number of carbonyl (C=O) groups is 4. The number of carbonyl (C=O) groups excluding carboxylic acids is 4. The third-order valence-corrected chi connectivity index (χ3v) is 4.45. The molecule has 1 aliphatic heterocycles. The van der Waals surface area contributed by atoms with Crippen molar-refractivity contribution in [2.24, 2.45) is 0 Å². The highest BCUT2D eigenvalue weighted by Crippen LogP contribution is 2.09. The maximum atomic E-state index is 11.6. The van der Waals surface area contributed by atoms with Crippen LogP contribution in [-0.4, -0.2) is 50.3 Å². The van der Waals surface area contributed by atoms with Crippen LogP contribution in [0.4, 0.5) is 0 Å². The summed E-state index contributed by atoms with van der Waals surface area (Å²) in [7, 11) is 0. The molecule has 166 valence electrons. The number of rotatable bonds is 0. The Balaban J connectivity index is 2.29. The quantitative estimate of drug-likeness (QED) is 0.439. The Hall–Kier alpha value is -2.12. The lowest BCUT2D eigenvalue weighted by atomic mass is 10.1. The van der Waals surface area contributed by atoms with Gasteiger partial charge in [0.1, 0.15) is 13.2 Å². The molecule has 0 atom stereocenters. The van der Waals surface area contributed by atoms with Gasteiger partial charge >= 0.3 is 23.9 Å². The number of ether oxygens (including phenoxy) is 4. The minimum absolute atomic E-state index is 0.0444. The molecule has 0 spiro atoms. The Bertz CT molecular complexity index is 503. The third-order valence-electron chi connectivity index (χ3n) is 4.45. The van der Waals surface area contributed by atoms with Crippen molar-refractivity contribution in [2.45, 2.75) is 83.5 Å². The highest BCUT2D eigenvalue weighted by atomic mass is 16.6. The highest BCUT2D eigenvalue weighted by Gasteiger charge is 2.08. The van der Waals surface area contributed by atoms with Crippen LogP contribution in [0.2, 0.25) is 0 Å². The summed E-state index contributed by atoms with van der Waals surface area (Å²) in [5.74, 6) is -1.16. The topological polar surface area (TPSA) is 105 Å². The van der Waals surface area contributed by atoms with Gasteiger partial charge in [0.2, 0.25) is 0 Å². The standard InChI is InChI=1S/C21H34O8/c22-18-10-4-2-1-3-5-11-20(24)28-16-17-29-21(25)13-7-6-12-19(23)27-15-9-8-14-26-18/h1-17H2. The van der Waals surface area contributed by atoms with Gasteiger partial charge in [-0.1, -0.05) is 19.3 Å². The second-order valence-electron chi connectivity index (χ2n) is 7.06. The van der Waals surface area contributed by atoms with Crippen molar-refractivity contribution in [2.75, 3.05) is 26.4 Å². The molecule has 8 nitrogen and oxygen atoms in total. The molecule has 0 aliphatic carbocycles. The molecule has 0 N–H and O–H groups in total. The first-order valence-electron chi connectivity index (χ1n) is 10.7. The molecule has 0 amide bonds. The second-order valence-corrected chi connectivity index (χ2v) is 7.06. The van der Waals surface area contributed by atoms with Crippen LogP contribution >= 0.6 is 0 Å². The summed E-state index contributed by atoms with van der Waals surface area (Å²) in [5.41, 5.74) is 0. The van der Waals surface area contributed by atoms with E-state index in [-0.39, 0.29) is 49.9 Å². The Morgan fingerprint density at radius 3 is 1.00 bits per heavy atom. The molecule has 0 aromatic rings. The Morgan fingerprint density at radius 1 is 0.345 bits per heavy atom. The van der Waals surface area contributed by atoms with Crippen molar-refractivity contribution >= 4 is 23.9 Å². The highest BCUT2D eigenvalue weighted by molar-refractivity contribution is 5.71. The fraction of sp³-hybridized carbons (Fsp3) is 0.810. The number of esters is 4. The van der Waals surface area contributed by atoms with E-state index in [1.165, 1.54) is 0 Å². The van der Waals surface area contributed by atoms with E-state index >= 15 is 0 Å². The molecule has 1 fully saturated rings. The molecule has 0 aromatic heterocycles. The average molecular weight is 414 g/mol. The fourth-order valence-electron chi connectivity index (χ4n) is 2.78. The normalized spacial score (nSPS) is 21.5. The Morgan fingerprint density at radius 2 is 0.621 bits per heavy atom. The molecule has 0 saturated carbocycles. The van der Waals surface area contributed by atoms with E-state index in [2.05, 4.69) is 0 Å². The van der Waals surface area contributed by atoms with Crippen LogP contribution in [-0.2, 0) is 38.1 Å². The van der Waals surface area contributed by atoms with Gasteiger partial charge in [0, 0.05) is 25.7 Å². The van der Waals surface area contributed by atoms with Gasteiger partial charge < -0.3 is 18.9 Å². The first kappa shape index (κ1) is 24.9. The monoisotopic (exact) mass is 414 g/mol. The summed E-state index contributed by atoms with van der Waals surface area (Å²) >= 11 is 0. The Kier molecular flexibility index (Phi) is 14.4. The van der Waals surface area contributed by atoms with E-state index < -0.39 is 0 Å². The summed E-state index contributed by atoms with van der Waals surface area (Å²) < 4.78 is 20.3. The number of hydrogen-bond acceptors (Lipinski definition) is 8. The van der Waals surface area contributed by atoms with E-state index in [1.54, 1.807) is 0 Å². The van der Waals surface area contributed by atoms with Gasteiger partial charge in [0.05, 0.1) is 13.2 Å². The zero-order valence-electron chi connectivity index (χ0n) is 17.3. The molecule has 0 unspecified atom stereocenters. The zero-order valence-corrected chi connectivity index (χ0v) is 17.3.